The summed E-state index contributed by atoms with van der Waals surface area (Å²) in [4.78, 5) is 21.1. The number of hydrogen-bond acceptors (Lipinski definition) is 4. The van der Waals surface area contributed by atoms with Crippen LogP contribution in [0.4, 0.5) is 11.5 Å². The van der Waals surface area contributed by atoms with Crippen molar-refractivity contribution in [3.8, 4) is 0 Å². The van der Waals surface area contributed by atoms with Crippen LogP contribution in [0.1, 0.15) is 13.3 Å². The SMILES string of the molecule is CN1CCN(c2ccc(NC(=O)[C@@]3(C)CC3(Cl)Cl)nc2)CC1. The summed E-state index contributed by atoms with van der Waals surface area (Å²) in [5.41, 5.74) is 0.348. The smallest absolute Gasteiger partial charge is 0.234 e. The van der Waals surface area contributed by atoms with Gasteiger partial charge in [0.15, 0.2) is 0 Å². The molecule has 1 aromatic rings. The second-order valence-corrected chi connectivity index (χ2v) is 7.84. The molecular weight excluding hydrogens is 323 g/mol. The lowest BCUT2D eigenvalue weighted by molar-refractivity contribution is -0.120. The second-order valence-electron chi connectivity index (χ2n) is 6.36. The normalized spacial score (nSPS) is 27.5. The lowest BCUT2D eigenvalue weighted by Crippen LogP contribution is -2.44. The number of halogens is 2. The number of nitrogens with one attached hydrogen (secondary N) is 1. The van der Waals surface area contributed by atoms with E-state index in [-0.39, 0.29) is 5.91 Å². The number of rotatable bonds is 3. The van der Waals surface area contributed by atoms with Crippen molar-refractivity contribution in [2.75, 3.05) is 43.4 Å². The number of anilines is 2. The van der Waals surface area contributed by atoms with E-state index in [1.165, 1.54) is 0 Å². The number of piperazine rings is 1. The Morgan fingerprint density at radius 1 is 1.27 bits per heavy atom. The highest BCUT2D eigenvalue weighted by Crippen LogP contribution is 2.64. The van der Waals surface area contributed by atoms with Crippen LogP contribution in [0, 0.1) is 5.41 Å². The molecule has 1 atom stereocenters. The van der Waals surface area contributed by atoms with Crippen LogP contribution in [0.5, 0.6) is 0 Å². The zero-order valence-corrected chi connectivity index (χ0v) is 14.3. The number of pyridine rings is 1. The Labute approximate surface area is 140 Å². The summed E-state index contributed by atoms with van der Waals surface area (Å²) < 4.78 is -0.961. The van der Waals surface area contributed by atoms with Crippen LogP contribution in [-0.4, -0.2) is 53.4 Å². The van der Waals surface area contributed by atoms with Crippen molar-refractivity contribution in [1.29, 1.82) is 0 Å². The molecule has 0 spiro atoms. The van der Waals surface area contributed by atoms with Gasteiger partial charge in [0.05, 0.1) is 17.3 Å². The molecule has 1 aliphatic carbocycles. The summed E-state index contributed by atoms with van der Waals surface area (Å²) >= 11 is 12.0. The molecule has 0 bridgehead atoms. The molecule has 0 aromatic carbocycles. The van der Waals surface area contributed by atoms with Gasteiger partial charge in [-0.1, -0.05) is 0 Å². The first-order valence-corrected chi connectivity index (χ1v) is 8.16. The predicted molar refractivity (Wildman–Crippen MR) is 89.7 cm³/mol. The highest BCUT2D eigenvalue weighted by atomic mass is 35.5. The Bertz CT molecular complexity index is 569. The molecule has 1 saturated carbocycles. The fourth-order valence-electron chi connectivity index (χ4n) is 2.61. The Morgan fingerprint density at radius 3 is 2.41 bits per heavy atom. The molecule has 22 heavy (non-hydrogen) atoms. The Balaban J connectivity index is 1.61. The maximum absolute atomic E-state index is 12.2. The first-order chi connectivity index (χ1) is 10.3. The Hall–Kier alpha value is -1.04. The van der Waals surface area contributed by atoms with Gasteiger partial charge in [0.1, 0.15) is 10.2 Å². The molecule has 1 aromatic heterocycles. The minimum atomic E-state index is -0.961. The van der Waals surface area contributed by atoms with Crippen molar-refractivity contribution in [2.45, 2.75) is 17.7 Å². The standard InChI is InChI=1S/C15H20Cl2N4O/c1-14(10-15(14,16)17)13(22)19-12-4-3-11(9-18-12)21-7-5-20(2)6-8-21/h3-4,9H,5-8,10H2,1-2H3,(H,18,19,22)/t14-/m1/s1. The molecule has 120 valence electrons. The number of aromatic nitrogens is 1. The van der Waals surface area contributed by atoms with E-state index in [9.17, 15) is 4.79 Å². The number of alkyl halides is 2. The molecule has 1 N–H and O–H groups in total. The molecule has 1 saturated heterocycles. The summed E-state index contributed by atoms with van der Waals surface area (Å²) in [6.07, 6.45) is 2.26. The lowest BCUT2D eigenvalue weighted by Gasteiger charge is -2.33. The van der Waals surface area contributed by atoms with Crippen LogP contribution in [0.15, 0.2) is 18.3 Å². The number of hydrogen-bond donors (Lipinski definition) is 1. The van der Waals surface area contributed by atoms with Crippen molar-refractivity contribution in [2.24, 2.45) is 5.41 Å². The van der Waals surface area contributed by atoms with Gasteiger partial charge in [-0.15, -0.1) is 23.2 Å². The van der Waals surface area contributed by atoms with Crippen LogP contribution < -0.4 is 10.2 Å². The monoisotopic (exact) mass is 342 g/mol. The van der Waals surface area contributed by atoms with Crippen LogP contribution in [0.2, 0.25) is 0 Å². The first kappa shape index (κ1) is 15.8. The van der Waals surface area contributed by atoms with Crippen LogP contribution in [0.25, 0.3) is 0 Å². The van der Waals surface area contributed by atoms with E-state index in [0.29, 0.717) is 12.2 Å². The van der Waals surface area contributed by atoms with Crippen LogP contribution >= 0.6 is 23.2 Å². The van der Waals surface area contributed by atoms with Crippen molar-refractivity contribution in [3.05, 3.63) is 18.3 Å². The molecule has 2 heterocycles. The molecule has 0 unspecified atom stereocenters. The number of amides is 1. The molecule has 1 aliphatic heterocycles. The van der Waals surface area contributed by atoms with Crippen LogP contribution in [0.3, 0.4) is 0 Å². The van der Waals surface area contributed by atoms with Gasteiger partial charge in [-0.25, -0.2) is 4.98 Å². The van der Waals surface area contributed by atoms with Crippen LogP contribution in [-0.2, 0) is 4.79 Å². The quantitative estimate of drug-likeness (QED) is 0.856. The molecule has 0 radical (unpaired) electrons. The molecule has 3 rings (SSSR count). The maximum Gasteiger partial charge on any atom is 0.234 e. The molecule has 7 heteroatoms. The van der Waals surface area contributed by atoms with E-state index >= 15 is 0 Å². The van der Waals surface area contributed by atoms with Gasteiger partial charge in [0.2, 0.25) is 5.91 Å². The third-order valence-electron chi connectivity index (χ3n) is 4.62. The van der Waals surface area contributed by atoms with E-state index in [4.69, 9.17) is 23.2 Å². The minimum absolute atomic E-state index is 0.183. The molecule has 2 aliphatic rings. The zero-order valence-electron chi connectivity index (χ0n) is 12.8. The van der Waals surface area contributed by atoms with Gasteiger partial charge in [-0.3, -0.25) is 4.79 Å². The summed E-state index contributed by atoms with van der Waals surface area (Å²) in [5, 5.41) is 2.79. The largest absolute Gasteiger partial charge is 0.368 e. The van der Waals surface area contributed by atoms with E-state index in [2.05, 4.69) is 27.1 Å². The molecule has 1 amide bonds. The number of nitrogens with zero attached hydrogens (tertiary/aromatic N) is 3. The third kappa shape index (κ3) is 2.90. The predicted octanol–water partition coefficient (Wildman–Crippen LogP) is 2.36. The second kappa shape index (κ2) is 5.55. The maximum atomic E-state index is 12.2. The molecular formula is C15H20Cl2N4O. The number of carbonyl (C=O) groups excluding carboxylic acids is 1. The first-order valence-electron chi connectivity index (χ1n) is 7.41. The van der Waals surface area contributed by atoms with Gasteiger partial charge in [0, 0.05) is 26.2 Å². The van der Waals surface area contributed by atoms with Gasteiger partial charge in [-0.2, -0.15) is 0 Å². The van der Waals surface area contributed by atoms with E-state index in [1.54, 1.807) is 13.1 Å². The van der Waals surface area contributed by atoms with E-state index < -0.39 is 9.75 Å². The highest BCUT2D eigenvalue weighted by molar-refractivity contribution is 6.53. The fourth-order valence-corrected chi connectivity index (χ4v) is 3.32. The lowest BCUT2D eigenvalue weighted by atomic mass is 10.1. The average Bonchev–Trinajstić information content (AvgIpc) is 3.01. The number of likely N-dealkylation sites (N-methyl/N-ethyl adjacent to an activating group) is 1. The topological polar surface area (TPSA) is 48.5 Å². The Morgan fingerprint density at radius 2 is 1.91 bits per heavy atom. The van der Waals surface area contributed by atoms with E-state index in [0.717, 1.165) is 31.9 Å². The van der Waals surface area contributed by atoms with Crippen molar-refractivity contribution >= 4 is 40.6 Å². The summed E-state index contributed by atoms with van der Waals surface area (Å²) in [5.74, 6) is 0.345. The van der Waals surface area contributed by atoms with Crippen molar-refractivity contribution in [1.82, 2.24) is 9.88 Å². The van der Waals surface area contributed by atoms with Crippen molar-refractivity contribution in [3.63, 3.8) is 0 Å². The highest BCUT2D eigenvalue weighted by Gasteiger charge is 2.67. The zero-order chi connectivity index (χ0) is 16.0. The molecule has 5 nitrogen and oxygen atoms in total. The fraction of sp³-hybridized carbons (Fsp3) is 0.600. The van der Waals surface area contributed by atoms with Crippen molar-refractivity contribution < 1.29 is 4.79 Å². The Kier molecular flexibility index (Phi) is 4.00. The third-order valence-corrected chi connectivity index (χ3v) is 5.72. The van der Waals surface area contributed by atoms with Gasteiger partial charge >= 0.3 is 0 Å². The summed E-state index contributed by atoms with van der Waals surface area (Å²) in [7, 11) is 2.13. The average molecular weight is 343 g/mol. The number of carbonyl (C=O) groups is 1. The van der Waals surface area contributed by atoms with Gasteiger partial charge in [-0.05, 0) is 32.5 Å². The summed E-state index contributed by atoms with van der Waals surface area (Å²) in [6, 6.07) is 3.80. The summed E-state index contributed by atoms with van der Waals surface area (Å²) in [6.45, 7) is 5.83. The van der Waals surface area contributed by atoms with E-state index in [1.807, 2.05) is 12.1 Å². The minimum Gasteiger partial charge on any atom is -0.368 e. The molecule has 2 fully saturated rings. The van der Waals surface area contributed by atoms with Gasteiger partial charge < -0.3 is 15.1 Å². The van der Waals surface area contributed by atoms with Gasteiger partial charge in [0.25, 0.3) is 0 Å².